The first-order valence-electron chi connectivity index (χ1n) is 8.62. The number of carbonyl (C=O) groups is 1. The molecule has 1 amide bonds. The molecule has 1 aliphatic heterocycles. The number of amides is 1. The molecule has 0 spiro atoms. The highest BCUT2D eigenvalue weighted by Crippen LogP contribution is 2.32. The first-order chi connectivity index (χ1) is 14.0. The van der Waals surface area contributed by atoms with E-state index >= 15 is 0 Å². The molecule has 1 atom stereocenters. The van der Waals surface area contributed by atoms with E-state index in [2.05, 4.69) is 10.4 Å². The molecule has 2 aromatic carbocycles. The number of fused-ring (bicyclic) bond motifs is 1. The second-order valence-electron chi connectivity index (χ2n) is 6.37. The SMILES string of the molecule is COc1ccc(-n2nc3c(c2NC(=O)c2cccc([N+](=O)[O-])c2)C[S@](=O)C3)cc1. The molecule has 0 unspecified atom stereocenters. The van der Waals surface area contributed by atoms with Gasteiger partial charge in [-0.2, -0.15) is 5.10 Å². The van der Waals surface area contributed by atoms with Crippen LogP contribution in [0.5, 0.6) is 5.75 Å². The summed E-state index contributed by atoms with van der Waals surface area (Å²) in [7, 11) is 0.493. The molecule has 148 valence electrons. The van der Waals surface area contributed by atoms with Crippen molar-refractivity contribution in [3.05, 3.63) is 75.5 Å². The van der Waals surface area contributed by atoms with Crippen LogP contribution in [0.2, 0.25) is 0 Å². The molecule has 0 saturated carbocycles. The number of carbonyl (C=O) groups excluding carboxylic acids is 1. The Morgan fingerprint density at radius 3 is 2.69 bits per heavy atom. The van der Waals surface area contributed by atoms with Gasteiger partial charge in [0.2, 0.25) is 0 Å². The first-order valence-corrected chi connectivity index (χ1v) is 10.1. The van der Waals surface area contributed by atoms with Crippen molar-refractivity contribution < 1.29 is 18.7 Å². The summed E-state index contributed by atoms with van der Waals surface area (Å²) in [5.74, 6) is 1.18. The summed E-state index contributed by atoms with van der Waals surface area (Å²) in [6.07, 6.45) is 0. The number of hydrogen-bond donors (Lipinski definition) is 1. The Morgan fingerprint density at radius 2 is 2.00 bits per heavy atom. The second kappa shape index (κ2) is 7.47. The number of rotatable bonds is 5. The Labute approximate surface area is 167 Å². The molecule has 3 aromatic rings. The molecular formula is C19H16N4O5S. The van der Waals surface area contributed by atoms with Crippen LogP contribution in [0.4, 0.5) is 11.5 Å². The van der Waals surface area contributed by atoms with E-state index in [0.29, 0.717) is 34.3 Å². The van der Waals surface area contributed by atoms with Gasteiger partial charge in [0, 0.05) is 34.1 Å². The third-order valence-corrected chi connectivity index (χ3v) is 5.74. The topological polar surface area (TPSA) is 116 Å². The highest BCUT2D eigenvalue weighted by atomic mass is 32.2. The quantitative estimate of drug-likeness (QED) is 0.509. The van der Waals surface area contributed by atoms with Crippen molar-refractivity contribution >= 4 is 28.2 Å². The number of nitrogens with zero attached hydrogens (tertiary/aromatic N) is 3. The van der Waals surface area contributed by atoms with E-state index in [0.717, 1.165) is 0 Å². The number of nitro benzene ring substituents is 1. The second-order valence-corrected chi connectivity index (χ2v) is 7.83. The Balaban J connectivity index is 1.72. The molecule has 9 nitrogen and oxygen atoms in total. The minimum atomic E-state index is -1.07. The Hall–Kier alpha value is -3.53. The van der Waals surface area contributed by atoms with Crippen molar-refractivity contribution in [3.8, 4) is 11.4 Å². The summed E-state index contributed by atoms with van der Waals surface area (Å²) >= 11 is 0. The molecule has 4 rings (SSSR count). The standard InChI is InChI=1S/C19H16N4O5S/c1-28-15-7-5-13(6-8-15)22-18(16-10-29(27)11-17(16)21-22)20-19(24)12-3-2-4-14(9-12)23(25)26/h2-9H,10-11H2,1H3,(H,20,24)/t29-/m0/s1. The van der Waals surface area contributed by atoms with Gasteiger partial charge in [0.05, 0.1) is 34.9 Å². The number of aromatic nitrogens is 2. The fourth-order valence-corrected chi connectivity index (χ4v) is 4.37. The molecule has 2 heterocycles. The summed E-state index contributed by atoms with van der Waals surface area (Å²) in [4.78, 5) is 23.2. The van der Waals surface area contributed by atoms with Crippen molar-refractivity contribution in [2.24, 2.45) is 0 Å². The minimum Gasteiger partial charge on any atom is -0.497 e. The smallest absolute Gasteiger partial charge is 0.270 e. The highest BCUT2D eigenvalue weighted by Gasteiger charge is 2.28. The van der Waals surface area contributed by atoms with Gasteiger partial charge >= 0.3 is 0 Å². The van der Waals surface area contributed by atoms with E-state index < -0.39 is 21.6 Å². The van der Waals surface area contributed by atoms with Crippen LogP contribution in [0.25, 0.3) is 5.69 Å². The zero-order valence-corrected chi connectivity index (χ0v) is 16.1. The fraction of sp³-hybridized carbons (Fsp3) is 0.158. The van der Waals surface area contributed by atoms with E-state index in [1.807, 2.05) is 0 Å². The van der Waals surface area contributed by atoms with Crippen LogP contribution in [0, 0.1) is 10.1 Å². The van der Waals surface area contributed by atoms with Gasteiger partial charge in [-0.05, 0) is 30.3 Å². The molecule has 0 saturated heterocycles. The van der Waals surface area contributed by atoms with E-state index in [1.54, 1.807) is 36.1 Å². The minimum absolute atomic E-state index is 0.148. The van der Waals surface area contributed by atoms with Gasteiger partial charge in [0.25, 0.3) is 11.6 Å². The predicted molar refractivity (Wildman–Crippen MR) is 107 cm³/mol. The van der Waals surface area contributed by atoms with Crippen LogP contribution in [0.3, 0.4) is 0 Å². The molecule has 0 radical (unpaired) electrons. The molecule has 1 aliphatic rings. The third-order valence-electron chi connectivity index (χ3n) is 4.54. The molecule has 29 heavy (non-hydrogen) atoms. The zero-order valence-electron chi connectivity index (χ0n) is 15.3. The van der Waals surface area contributed by atoms with E-state index in [9.17, 15) is 19.1 Å². The van der Waals surface area contributed by atoms with Crippen molar-refractivity contribution in [1.82, 2.24) is 9.78 Å². The maximum absolute atomic E-state index is 12.8. The highest BCUT2D eigenvalue weighted by molar-refractivity contribution is 7.83. The first kappa shape index (κ1) is 18.8. The van der Waals surface area contributed by atoms with Crippen LogP contribution in [0.15, 0.2) is 48.5 Å². The maximum atomic E-state index is 12.8. The van der Waals surface area contributed by atoms with Gasteiger partial charge in [-0.15, -0.1) is 0 Å². The normalized spacial score (nSPS) is 15.0. The zero-order chi connectivity index (χ0) is 20.5. The average molecular weight is 412 g/mol. The van der Waals surface area contributed by atoms with Gasteiger partial charge in [-0.25, -0.2) is 4.68 Å². The number of nitrogens with one attached hydrogen (secondary N) is 1. The maximum Gasteiger partial charge on any atom is 0.270 e. The van der Waals surface area contributed by atoms with Gasteiger partial charge in [0.15, 0.2) is 0 Å². The van der Waals surface area contributed by atoms with E-state index in [-0.39, 0.29) is 17.0 Å². The third kappa shape index (κ3) is 3.61. The van der Waals surface area contributed by atoms with Crippen LogP contribution in [-0.4, -0.2) is 31.9 Å². The number of methoxy groups -OCH3 is 1. The van der Waals surface area contributed by atoms with Crippen molar-refractivity contribution in [2.75, 3.05) is 12.4 Å². The molecule has 1 aromatic heterocycles. The monoisotopic (exact) mass is 412 g/mol. The lowest BCUT2D eigenvalue weighted by molar-refractivity contribution is -0.384. The predicted octanol–water partition coefficient (Wildman–Crippen LogP) is 2.80. The van der Waals surface area contributed by atoms with Crippen LogP contribution in [0.1, 0.15) is 21.6 Å². The fourth-order valence-electron chi connectivity index (χ4n) is 3.11. The number of ether oxygens (including phenoxy) is 1. The molecular weight excluding hydrogens is 396 g/mol. The number of anilines is 1. The summed E-state index contributed by atoms with van der Waals surface area (Å²) in [6.45, 7) is 0. The summed E-state index contributed by atoms with van der Waals surface area (Å²) in [5, 5.41) is 18.3. The average Bonchev–Trinajstić information content (AvgIpc) is 3.25. The molecule has 0 fully saturated rings. The van der Waals surface area contributed by atoms with Crippen molar-refractivity contribution in [2.45, 2.75) is 11.5 Å². The van der Waals surface area contributed by atoms with Crippen molar-refractivity contribution in [1.29, 1.82) is 0 Å². The molecule has 0 bridgehead atoms. The Kier molecular flexibility index (Phi) is 4.85. The summed E-state index contributed by atoms with van der Waals surface area (Å²) in [5.41, 5.74) is 2.04. The largest absolute Gasteiger partial charge is 0.497 e. The van der Waals surface area contributed by atoms with Gasteiger partial charge in [-0.1, -0.05) is 6.07 Å². The van der Waals surface area contributed by atoms with Crippen LogP contribution < -0.4 is 10.1 Å². The van der Waals surface area contributed by atoms with E-state index in [4.69, 9.17) is 4.74 Å². The van der Waals surface area contributed by atoms with Crippen molar-refractivity contribution in [3.63, 3.8) is 0 Å². The Morgan fingerprint density at radius 1 is 1.24 bits per heavy atom. The van der Waals surface area contributed by atoms with E-state index in [1.165, 1.54) is 24.3 Å². The lowest BCUT2D eigenvalue weighted by atomic mass is 10.2. The van der Waals surface area contributed by atoms with Gasteiger partial charge in [0.1, 0.15) is 11.6 Å². The summed E-state index contributed by atoms with van der Waals surface area (Å²) < 4.78 is 18.7. The Bertz CT molecular complexity index is 1140. The number of non-ortho nitro benzene ring substituents is 1. The van der Waals surface area contributed by atoms with Crippen LogP contribution in [-0.2, 0) is 22.3 Å². The number of nitro groups is 1. The van der Waals surface area contributed by atoms with Crippen LogP contribution >= 0.6 is 0 Å². The lowest BCUT2D eigenvalue weighted by Crippen LogP contribution is -2.16. The molecule has 10 heteroatoms. The van der Waals surface area contributed by atoms with Gasteiger partial charge < -0.3 is 10.1 Å². The number of benzene rings is 2. The molecule has 1 N–H and O–H groups in total. The van der Waals surface area contributed by atoms with Gasteiger partial charge in [-0.3, -0.25) is 19.1 Å². The molecule has 0 aliphatic carbocycles. The lowest BCUT2D eigenvalue weighted by Gasteiger charge is -2.11. The number of hydrogen-bond acceptors (Lipinski definition) is 6. The summed E-state index contributed by atoms with van der Waals surface area (Å²) in [6, 6.07) is 12.6.